The second kappa shape index (κ2) is 19.6. The van der Waals surface area contributed by atoms with Crippen molar-refractivity contribution in [1.82, 2.24) is 0 Å². The number of halogens is 1. The Morgan fingerprint density at radius 3 is 1.58 bits per heavy atom. The number of nitrogens with zero attached hydrogens (tertiary/aromatic N) is 6. The molecule has 7 aromatic carbocycles. The van der Waals surface area contributed by atoms with Crippen LogP contribution in [0.15, 0.2) is 140 Å². The van der Waals surface area contributed by atoms with Crippen molar-refractivity contribution in [3.63, 3.8) is 0 Å². The van der Waals surface area contributed by atoms with E-state index in [4.69, 9.17) is 21.4 Å². The van der Waals surface area contributed by atoms with Crippen LogP contribution < -0.4 is 4.74 Å². The molecule has 7 rings (SSSR count). The summed E-state index contributed by atoms with van der Waals surface area (Å²) in [5.41, 5.74) is -2.01. The summed E-state index contributed by atoms with van der Waals surface area (Å²) in [6, 6.07) is 12.5. The fourth-order valence-electron chi connectivity index (χ4n) is 6.87. The minimum absolute atomic E-state index is 0.00468. The summed E-state index contributed by atoms with van der Waals surface area (Å²) in [6.45, 7) is -0.268. The van der Waals surface area contributed by atoms with Crippen molar-refractivity contribution >= 4 is 135 Å². The van der Waals surface area contributed by atoms with Gasteiger partial charge in [0.05, 0.1) is 59.8 Å². The molecule has 7 aromatic rings. The predicted molar refractivity (Wildman–Crippen MR) is 252 cm³/mol. The molecular formula is C40H29ClN6O21S5. The highest BCUT2D eigenvalue weighted by atomic mass is 35.5. The Balaban J connectivity index is 1.35. The average Bonchev–Trinajstić information content (AvgIpc) is 3.27. The molecule has 27 nitrogen and oxygen atoms in total. The Morgan fingerprint density at radius 2 is 1.00 bits per heavy atom. The minimum Gasteiger partial charge on any atom is -0.507 e. The van der Waals surface area contributed by atoms with Crippen molar-refractivity contribution in [2.24, 2.45) is 30.7 Å². The van der Waals surface area contributed by atoms with E-state index < -0.39 is 120 Å². The topological polar surface area (TPSA) is 453 Å². The van der Waals surface area contributed by atoms with Crippen LogP contribution in [-0.2, 0) is 55.4 Å². The highest BCUT2D eigenvalue weighted by Gasteiger charge is 2.27. The molecular weight excluding hydrogens is 1100 g/mol. The second-order valence-corrected chi connectivity index (χ2v) is 22.4. The first-order chi connectivity index (χ1) is 33.8. The second-order valence-electron chi connectivity index (χ2n) is 15.0. The maximum absolute atomic E-state index is 12.3. The van der Waals surface area contributed by atoms with Crippen LogP contribution in [0.5, 0.6) is 23.0 Å². The lowest BCUT2D eigenvalue weighted by atomic mass is 10.1. The molecule has 0 saturated heterocycles. The summed E-state index contributed by atoms with van der Waals surface area (Å²) in [7, 11) is -25.3. The number of aromatic hydroxyl groups is 3. The normalized spacial score (nSPS) is 13.1. The van der Waals surface area contributed by atoms with E-state index >= 15 is 0 Å². The van der Waals surface area contributed by atoms with E-state index in [1.54, 1.807) is 0 Å². The van der Waals surface area contributed by atoms with E-state index in [1.165, 1.54) is 6.07 Å². The highest BCUT2D eigenvalue weighted by molar-refractivity contribution is 7.87. The first-order valence-electron chi connectivity index (χ1n) is 19.5. The summed E-state index contributed by atoms with van der Waals surface area (Å²) in [5.74, 6) is -4.59. The first kappa shape index (κ1) is 53.4. The number of azo groups is 3. The maximum Gasteiger partial charge on any atom is 0.303 e. The van der Waals surface area contributed by atoms with E-state index in [0.29, 0.717) is 18.2 Å². The summed E-state index contributed by atoms with van der Waals surface area (Å²) in [4.78, 5) is 6.57. The molecule has 0 radical (unpaired) electrons. The molecule has 0 atom stereocenters. The number of ether oxygens (including phenoxy) is 1. The Bertz CT molecular complexity index is 4210. The van der Waals surface area contributed by atoms with Gasteiger partial charge < -0.3 is 25.2 Å². The monoisotopic (exact) mass is 1120 g/mol. The zero-order valence-electron chi connectivity index (χ0n) is 35.7. The van der Waals surface area contributed by atoms with Crippen molar-refractivity contribution in [1.29, 1.82) is 0 Å². The molecule has 0 aliphatic carbocycles. The van der Waals surface area contributed by atoms with Gasteiger partial charge in [0.15, 0.2) is 0 Å². The lowest BCUT2D eigenvalue weighted by molar-refractivity contribution is -0.137. The number of carbonyl (C=O) groups is 1. The predicted octanol–water partition coefficient (Wildman–Crippen LogP) is 8.64. The Labute approximate surface area is 414 Å². The van der Waals surface area contributed by atoms with Gasteiger partial charge in [0.2, 0.25) is 0 Å². The number of aliphatic carboxylic acids is 1. The van der Waals surface area contributed by atoms with Gasteiger partial charge in [-0.2, -0.15) is 42.1 Å². The molecule has 0 bridgehead atoms. The molecule has 0 spiro atoms. The molecule has 0 saturated carbocycles. The maximum atomic E-state index is 12.3. The molecule has 0 heterocycles. The number of phenolic OH excluding ortho intramolecular Hbond substituents is 3. The zero-order valence-corrected chi connectivity index (χ0v) is 40.6. The number of fused-ring (bicyclic) bond motifs is 3. The van der Waals surface area contributed by atoms with Crippen LogP contribution in [0.2, 0.25) is 5.02 Å². The Hall–Kier alpha value is -7.37. The average molecular weight is 1130 g/mol. The SMILES string of the molecule is O=C(O)CCCOc1cc(N=Nc2cc(S(=O)(=O)O)cc3cc(S(=O)(=O)O)cc(O)c23)c(Cl)cc1N=Nc1ccc(N=Nc2cc(S(=O)(=O)O)c(O)c3ccc(S(=O)(=O)O)c(O)c23)c2cc(S(=O)(=O)O)ccc12. The van der Waals surface area contributed by atoms with Crippen molar-refractivity contribution < 1.29 is 94.8 Å². The van der Waals surface area contributed by atoms with Gasteiger partial charge in [-0.15, -0.1) is 30.7 Å². The third-order valence-corrected chi connectivity index (χ3v) is 14.7. The van der Waals surface area contributed by atoms with Crippen LogP contribution in [0.3, 0.4) is 0 Å². The summed E-state index contributed by atoms with van der Waals surface area (Å²) >= 11 is 6.57. The van der Waals surface area contributed by atoms with Crippen LogP contribution in [0.1, 0.15) is 12.8 Å². The van der Waals surface area contributed by atoms with Crippen LogP contribution in [0.25, 0.3) is 32.3 Å². The molecule has 0 unspecified atom stereocenters. The van der Waals surface area contributed by atoms with Gasteiger partial charge in [0, 0.05) is 34.7 Å². The van der Waals surface area contributed by atoms with Crippen LogP contribution in [-0.4, -0.2) is 97.9 Å². The van der Waals surface area contributed by atoms with Gasteiger partial charge in [0.25, 0.3) is 50.6 Å². The number of hydrogen-bond acceptors (Lipinski definition) is 21. The lowest BCUT2D eigenvalue weighted by Crippen LogP contribution is -2.02. The molecule has 382 valence electrons. The molecule has 0 aromatic heterocycles. The third-order valence-electron chi connectivity index (χ3n) is 10.1. The number of carboxylic acids is 1. The van der Waals surface area contributed by atoms with E-state index in [1.807, 2.05) is 0 Å². The minimum atomic E-state index is -5.25. The highest BCUT2D eigenvalue weighted by Crippen LogP contribution is 2.47. The Morgan fingerprint density at radius 1 is 0.479 bits per heavy atom. The quantitative estimate of drug-likeness (QED) is 0.0248. The van der Waals surface area contributed by atoms with E-state index in [2.05, 4.69) is 30.7 Å². The van der Waals surface area contributed by atoms with Crippen LogP contribution >= 0.6 is 11.6 Å². The van der Waals surface area contributed by atoms with Crippen LogP contribution in [0.4, 0.5) is 34.1 Å². The summed E-state index contributed by atoms with van der Waals surface area (Å²) < 4.78 is 176. The Kier molecular flexibility index (Phi) is 14.3. The van der Waals surface area contributed by atoms with E-state index in [0.717, 1.165) is 60.7 Å². The number of benzene rings is 7. The summed E-state index contributed by atoms with van der Waals surface area (Å²) in [5, 5.41) is 63.4. The molecule has 0 aliphatic heterocycles. The number of phenols is 3. The molecule has 73 heavy (non-hydrogen) atoms. The van der Waals surface area contributed by atoms with Crippen molar-refractivity contribution in [3.8, 4) is 23.0 Å². The first-order valence-corrected chi connectivity index (χ1v) is 27.1. The summed E-state index contributed by atoms with van der Waals surface area (Å²) in [6.07, 6.45) is -0.407. The zero-order chi connectivity index (χ0) is 53.7. The fraction of sp³-hybridized carbons (Fsp3) is 0.0750. The van der Waals surface area contributed by atoms with Crippen LogP contribution in [0, 0.1) is 0 Å². The van der Waals surface area contributed by atoms with Gasteiger partial charge in [-0.05, 0) is 78.5 Å². The van der Waals surface area contributed by atoms with Crippen molar-refractivity contribution in [3.05, 3.63) is 90.0 Å². The third kappa shape index (κ3) is 11.6. The standard InChI is InChI=1S/C40H29ClN6O21S5/c41-25-15-29(33(68-9-1-2-36(49)50)16-28(25)44-46-30-13-20(70(56,57)58)10-18-11-21(71(59,60)61)14-32(48)37(18)30)45-42-26-6-7-27(24-12-19(69(53,54)55)3-4-22(24)26)43-47-31-17-35(73(65,66)67)39(51)23-5-8-34(72(62,63)64)40(52)38(23)31/h3-8,10-17,48,51-52H,1-2,9H2,(H,49,50)(H,53,54,55)(H,56,57,58)(H,59,60,61)(H,62,63,64)(H,65,66,67). The van der Waals surface area contributed by atoms with Gasteiger partial charge in [-0.1, -0.05) is 17.7 Å². The smallest absolute Gasteiger partial charge is 0.303 e. The van der Waals surface area contributed by atoms with Gasteiger partial charge in [-0.3, -0.25) is 27.6 Å². The largest absolute Gasteiger partial charge is 0.507 e. The number of carboxylic acid groups (broad SMARTS) is 1. The lowest BCUT2D eigenvalue weighted by Gasteiger charge is -2.12. The molecule has 0 fully saturated rings. The molecule has 9 N–H and O–H groups in total. The number of rotatable bonds is 16. The number of hydrogen-bond donors (Lipinski definition) is 9. The van der Waals surface area contributed by atoms with Gasteiger partial charge >= 0.3 is 5.97 Å². The van der Waals surface area contributed by atoms with E-state index in [-0.39, 0.29) is 74.5 Å². The molecule has 0 amide bonds. The van der Waals surface area contributed by atoms with Crippen molar-refractivity contribution in [2.45, 2.75) is 37.3 Å². The van der Waals surface area contributed by atoms with E-state index in [9.17, 15) is 85.0 Å². The van der Waals surface area contributed by atoms with Gasteiger partial charge in [-0.25, -0.2) is 0 Å². The molecule has 33 heteroatoms. The molecule has 0 aliphatic rings. The van der Waals surface area contributed by atoms with Gasteiger partial charge in [0.1, 0.15) is 44.2 Å². The fourth-order valence-corrected chi connectivity index (χ4v) is 9.84. The van der Waals surface area contributed by atoms with Crippen molar-refractivity contribution in [2.75, 3.05) is 6.61 Å².